The van der Waals surface area contributed by atoms with Crippen LogP contribution in [0.1, 0.15) is 10.4 Å². The number of rotatable bonds is 5. The quantitative estimate of drug-likeness (QED) is 0.878. The number of hydrogen-bond donors (Lipinski definition) is 2. The van der Waals surface area contributed by atoms with Crippen molar-refractivity contribution in [2.45, 2.75) is 5.92 Å². The Morgan fingerprint density at radius 3 is 2.60 bits per heavy atom. The number of halogens is 2. The van der Waals surface area contributed by atoms with Crippen LogP contribution in [0.15, 0.2) is 48.8 Å². The van der Waals surface area contributed by atoms with Gasteiger partial charge in [-0.05, 0) is 30.3 Å². The molecule has 4 nitrogen and oxygen atoms in total. The number of benzene rings is 1. The number of aliphatic hydroxyl groups is 1. The molecule has 1 aromatic carbocycles. The summed E-state index contributed by atoms with van der Waals surface area (Å²) in [5.74, 6) is -3.92. The van der Waals surface area contributed by atoms with Crippen LogP contribution in [0.4, 0.5) is 8.78 Å². The number of nitrogens with zero attached hydrogens (tertiary/aromatic N) is 1. The molecule has 0 fully saturated rings. The van der Waals surface area contributed by atoms with Crippen molar-refractivity contribution in [3.63, 3.8) is 0 Å². The normalized spacial score (nSPS) is 11.3. The molecule has 106 valence electrons. The zero-order valence-corrected chi connectivity index (χ0v) is 10.6. The molecule has 0 aliphatic carbocycles. The number of carbonyl (C=O) groups excluding carboxylic acids is 1. The second-order valence-corrected chi connectivity index (χ2v) is 4.34. The average molecular weight is 280 g/mol. The SMILES string of the molecule is O=C(NCC(F)(F)CO)c1cccc(-n2cccc2)c1. The minimum absolute atomic E-state index is 0.282. The topological polar surface area (TPSA) is 54.3 Å². The number of aromatic nitrogens is 1. The Bertz CT molecular complexity index is 583. The monoisotopic (exact) mass is 280 g/mol. The van der Waals surface area contributed by atoms with Crippen molar-refractivity contribution < 1.29 is 18.7 Å². The highest BCUT2D eigenvalue weighted by Gasteiger charge is 2.28. The molecule has 2 N–H and O–H groups in total. The summed E-state index contributed by atoms with van der Waals surface area (Å²) in [5.41, 5.74) is 1.04. The Morgan fingerprint density at radius 2 is 1.95 bits per heavy atom. The van der Waals surface area contributed by atoms with Crippen molar-refractivity contribution in [3.05, 3.63) is 54.4 Å². The zero-order valence-electron chi connectivity index (χ0n) is 10.6. The van der Waals surface area contributed by atoms with E-state index in [0.29, 0.717) is 0 Å². The van der Waals surface area contributed by atoms with Crippen molar-refractivity contribution in [3.8, 4) is 5.69 Å². The summed E-state index contributed by atoms with van der Waals surface area (Å²) in [7, 11) is 0. The van der Waals surface area contributed by atoms with Gasteiger partial charge in [-0.15, -0.1) is 0 Å². The summed E-state index contributed by atoms with van der Waals surface area (Å²) >= 11 is 0. The Balaban J connectivity index is 2.09. The number of alkyl halides is 2. The molecule has 20 heavy (non-hydrogen) atoms. The maximum atomic E-state index is 12.9. The lowest BCUT2D eigenvalue weighted by Crippen LogP contribution is -2.39. The summed E-state index contributed by atoms with van der Waals surface area (Å²) in [6.07, 6.45) is 3.63. The van der Waals surface area contributed by atoms with E-state index >= 15 is 0 Å². The van der Waals surface area contributed by atoms with Gasteiger partial charge in [0.2, 0.25) is 0 Å². The predicted molar refractivity (Wildman–Crippen MR) is 70.1 cm³/mol. The highest BCUT2D eigenvalue weighted by molar-refractivity contribution is 5.94. The molecule has 2 rings (SSSR count). The predicted octanol–water partition coefficient (Wildman–Crippen LogP) is 1.83. The van der Waals surface area contributed by atoms with Gasteiger partial charge in [0.25, 0.3) is 11.8 Å². The van der Waals surface area contributed by atoms with Crippen LogP contribution in [0.25, 0.3) is 5.69 Å². The highest BCUT2D eigenvalue weighted by atomic mass is 19.3. The number of hydrogen-bond acceptors (Lipinski definition) is 2. The first-order valence-electron chi connectivity index (χ1n) is 6.02. The van der Waals surface area contributed by atoms with Crippen molar-refractivity contribution in [2.75, 3.05) is 13.2 Å². The highest BCUT2D eigenvalue weighted by Crippen LogP contribution is 2.13. The van der Waals surface area contributed by atoms with E-state index in [0.717, 1.165) is 5.69 Å². The third-order valence-electron chi connectivity index (χ3n) is 2.75. The van der Waals surface area contributed by atoms with Gasteiger partial charge in [0.05, 0.1) is 6.54 Å². The number of aliphatic hydroxyl groups excluding tert-OH is 1. The molecular weight excluding hydrogens is 266 g/mol. The molecule has 1 aromatic heterocycles. The van der Waals surface area contributed by atoms with E-state index in [1.807, 2.05) is 24.5 Å². The standard InChI is InChI=1S/C14H14F2N2O2/c15-14(16,10-19)9-17-13(20)11-4-3-5-12(8-11)18-6-1-2-7-18/h1-8,19H,9-10H2,(H,17,20). The van der Waals surface area contributed by atoms with E-state index in [4.69, 9.17) is 5.11 Å². The van der Waals surface area contributed by atoms with E-state index in [1.165, 1.54) is 0 Å². The number of carbonyl (C=O) groups is 1. The minimum atomic E-state index is -3.31. The van der Waals surface area contributed by atoms with Gasteiger partial charge in [-0.25, -0.2) is 8.78 Å². The lowest BCUT2D eigenvalue weighted by molar-refractivity contribution is -0.0462. The van der Waals surface area contributed by atoms with Crippen molar-refractivity contribution in [2.24, 2.45) is 0 Å². The fourth-order valence-corrected chi connectivity index (χ4v) is 1.68. The summed E-state index contributed by atoms with van der Waals surface area (Å²) in [5, 5.41) is 10.5. The first kappa shape index (κ1) is 14.2. The first-order chi connectivity index (χ1) is 9.52. The van der Waals surface area contributed by atoms with Gasteiger partial charge in [-0.2, -0.15) is 0 Å². The Morgan fingerprint density at radius 1 is 1.25 bits per heavy atom. The Labute approximate surface area is 114 Å². The third kappa shape index (κ3) is 3.42. The molecule has 0 saturated carbocycles. The molecule has 6 heteroatoms. The van der Waals surface area contributed by atoms with Crippen LogP contribution >= 0.6 is 0 Å². The van der Waals surface area contributed by atoms with E-state index in [2.05, 4.69) is 5.32 Å². The van der Waals surface area contributed by atoms with E-state index in [9.17, 15) is 13.6 Å². The van der Waals surface area contributed by atoms with Gasteiger partial charge < -0.3 is 15.0 Å². The summed E-state index contributed by atoms with van der Waals surface area (Å²) in [6, 6.07) is 10.3. The maximum absolute atomic E-state index is 12.9. The van der Waals surface area contributed by atoms with Gasteiger partial charge in [0, 0.05) is 23.6 Å². The van der Waals surface area contributed by atoms with Gasteiger partial charge >= 0.3 is 0 Å². The summed E-state index contributed by atoms with van der Waals surface area (Å²) in [6.45, 7) is -2.19. The largest absolute Gasteiger partial charge is 0.390 e. The van der Waals surface area contributed by atoms with Crippen LogP contribution < -0.4 is 5.32 Å². The summed E-state index contributed by atoms with van der Waals surface area (Å²) < 4.78 is 27.5. The molecule has 0 unspecified atom stereocenters. The molecular formula is C14H14F2N2O2. The van der Waals surface area contributed by atoms with E-state index in [1.54, 1.807) is 28.8 Å². The average Bonchev–Trinajstić information content (AvgIpc) is 2.99. The molecule has 0 atom stereocenters. The van der Waals surface area contributed by atoms with Crippen LogP contribution in [-0.2, 0) is 0 Å². The van der Waals surface area contributed by atoms with Crippen molar-refractivity contribution >= 4 is 5.91 Å². The molecule has 0 aliphatic rings. The maximum Gasteiger partial charge on any atom is 0.287 e. The van der Waals surface area contributed by atoms with E-state index < -0.39 is 25.0 Å². The smallest absolute Gasteiger partial charge is 0.287 e. The second kappa shape index (κ2) is 5.83. The molecule has 0 bridgehead atoms. The summed E-state index contributed by atoms with van der Waals surface area (Å²) in [4.78, 5) is 11.8. The van der Waals surface area contributed by atoms with Gasteiger partial charge in [-0.1, -0.05) is 6.07 Å². The molecule has 0 radical (unpaired) electrons. The van der Waals surface area contributed by atoms with Crippen molar-refractivity contribution in [1.29, 1.82) is 0 Å². The Kier molecular flexibility index (Phi) is 4.14. The molecule has 0 spiro atoms. The fraction of sp³-hybridized carbons (Fsp3) is 0.214. The Hall–Kier alpha value is -2.21. The zero-order chi connectivity index (χ0) is 14.6. The van der Waals surface area contributed by atoms with E-state index in [-0.39, 0.29) is 5.56 Å². The van der Waals surface area contributed by atoms with Crippen LogP contribution in [0.2, 0.25) is 0 Å². The van der Waals surface area contributed by atoms with Crippen LogP contribution in [0, 0.1) is 0 Å². The number of amides is 1. The minimum Gasteiger partial charge on any atom is -0.390 e. The lowest BCUT2D eigenvalue weighted by Gasteiger charge is -2.14. The second-order valence-electron chi connectivity index (χ2n) is 4.34. The van der Waals surface area contributed by atoms with Crippen LogP contribution in [0.5, 0.6) is 0 Å². The van der Waals surface area contributed by atoms with Gasteiger partial charge in [0.1, 0.15) is 6.61 Å². The third-order valence-corrected chi connectivity index (χ3v) is 2.75. The molecule has 0 aliphatic heterocycles. The molecule has 1 amide bonds. The van der Waals surface area contributed by atoms with Gasteiger partial charge in [0.15, 0.2) is 0 Å². The van der Waals surface area contributed by atoms with Crippen LogP contribution in [-0.4, -0.2) is 34.7 Å². The molecule has 1 heterocycles. The number of nitrogens with one attached hydrogen (secondary N) is 1. The molecule has 2 aromatic rings. The first-order valence-corrected chi connectivity index (χ1v) is 6.02. The van der Waals surface area contributed by atoms with Crippen molar-refractivity contribution in [1.82, 2.24) is 9.88 Å². The van der Waals surface area contributed by atoms with Gasteiger partial charge in [-0.3, -0.25) is 4.79 Å². The van der Waals surface area contributed by atoms with Crippen LogP contribution in [0.3, 0.4) is 0 Å². The lowest BCUT2D eigenvalue weighted by atomic mass is 10.2. The molecule has 0 saturated heterocycles. The fourth-order valence-electron chi connectivity index (χ4n) is 1.68.